The molecule has 20 heavy (non-hydrogen) atoms. The Morgan fingerprint density at radius 1 is 1.30 bits per heavy atom. The molecule has 2 saturated heterocycles. The zero-order valence-electron chi connectivity index (χ0n) is 11.6. The summed E-state index contributed by atoms with van der Waals surface area (Å²) < 4.78 is 22.3. The molecule has 2 aliphatic rings. The fourth-order valence-electron chi connectivity index (χ4n) is 2.52. The van der Waals surface area contributed by atoms with Crippen molar-refractivity contribution in [3.63, 3.8) is 0 Å². The summed E-state index contributed by atoms with van der Waals surface area (Å²) in [5.41, 5.74) is 0.541. The van der Waals surface area contributed by atoms with Gasteiger partial charge in [-0.2, -0.15) is 0 Å². The van der Waals surface area contributed by atoms with E-state index in [-0.39, 0.29) is 31.1 Å². The average Bonchev–Trinajstić information content (AvgIpc) is 2.90. The first-order valence-electron chi connectivity index (χ1n) is 6.77. The summed E-state index contributed by atoms with van der Waals surface area (Å²) in [7, 11) is 0. The van der Waals surface area contributed by atoms with E-state index in [0.717, 1.165) is 0 Å². The third-order valence-corrected chi connectivity index (χ3v) is 3.37. The van der Waals surface area contributed by atoms with Crippen LogP contribution in [0.25, 0.3) is 0 Å². The summed E-state index contributed by atoms with van der Waals surface area (Å²) in [6.07, 6.45) is 0.0699. The van der Waals surface area contributed by atoms with Crippen LogP contribution in [-0.4, -0.2) is 36.9 Å². The van der Waals surface area contributed by atoms with Crippen LogP contribution >= 0.6 is 0 Å². The van der Waals surface area contributed by atoms with Gasteiger partial charge in [-0.25, -0.2) is 4.79 Å². The smallest absolute Gasteiger partial charge is 0.338 e. The fraction of sp³-hybridized carbons (Fsp3) is 0.533. The molecular weight excluding hydrogens is 260 g/mol. The molecule has 1 aromatic carbocycles. The third kappa shape index (κ3) is 2.85. The quantitative estimate of drug-likeness (QED) is 0.793. The Kier molecular flexibility index (Phi) is 3.50. The van der Waals surface area contributed by atoms with Crippen molar-refractivity contribution in [1.29, 1.82) is 0 Å². The van der Waals surface area contributed by atoms with E-state index in [1.165, 1.54) is 0 Å². The number of hydrogen-bond donors (Lipinski definition) is 0. The van der Waals surface area contributed by atoms with Crippen molar-refractivity contribution in [3.05, 3.63) is 35.9 Å². The maximum Gasteiger partial charge on any atom is 0.338 e. The molecule has 0 aromatic heterocycles. The van der Waals surface area contributed by atoms with Gasteiger partial charge in [0.1, 0.15) is 12.7 Å². The van der Waals surface area contributed by atoms with Gasteiger partial charge in [0.05, 0.1) is 11.7 Å². The second-order valence-electron chi connectivity index (χ2n) is 5.50. The van der Waals surface area contributed by atoms with Crippen LogP contribution in [-0.2, 0) is 18.9 Å². The van der Waals surface area contributed by atoms with E-state index in [0.29, 0.717) is 12.0 Å². The number of ether oxygens (including phenoxy) is 4. The van der Waals surface area contributed by atoms with Gasteiger partial charge in [0.15, 0.2) is 12.1 Å². The van der Waals surface area contributed by atoms with E-state index < -0.39 is 5.79 Å². The highest BCUT2D eigenvalue weighted by Gasteiger charge is 2.48. The molecule has 108 valence electrons. The zero-order valence-corrected chi connectivity index (χ0v) is 11.6. The SMILES string of the molecule is CC1(C)OC2C[C@@H](COC(=O)c3ccccc3)O[C@@H]2O1. The second kappa shape index (κ2) is 5.16. The normalized spacial score (nSPS) is 31.0. The van der Waals surface area contributed by atoms with Crippen LogP contribution in [0.4, 0.5) is 0 Å². The van der Waals surface area contributed by atoms with Crippen molar-refractivity contribution in [3.8, 4) is 0 Å². The lowest BCUT2D eigenvalue weighted by molar-refractivity contribution is -0.207. The number of fused-ring (bicyclic) bond motifs is 1. The molecule has 2 aliphatic heterocycles. The van der Waals surface area contributed by atoms with Crippen molar-refractivity contribution < 1.29 is 23.7 Å². The highest BCUT2D eigenvalue weighted by Crippen LogP contribution is 2.37. The molecule has 0 saturated carbocycles. The largest absolute Gasteiger partial charge is 0.459 e. The van der Waals surface area contributed by atoms with Gasteiger partial charge in [-0.15, -0.1) is 0 Å². The summed E-state index contributed by atoms with van der Waals surface area (Å²) in [5, 5.41) is 0. The lowest BCUT2D eigenvalue weighted by atomic mass is 10.2. The molecule has 1 unspecified atom stereocenters. The van der Waals surface area contributed by atoms with Gasteiger partial charge in [-0.1, -0.05) is 18.2 Å². The Labute approximate surface area is 117 Å². The molecule has 2 fully saturated rings. The first-order valence-corrected chi connectivity index (χ1v) is 6.77. The molecule has 0 radical (unpaired) electrons. The second-order valence-corrected chi connectivity index (χ2v) is 5.50. The van der Waals surface area contributed by atoms with Gasteiger partial charge >= 0.3 is 5.97 Å². The molecule has 3 atom stereocenters. The molecule has 5 nitrogen and oxygen atoms in total. The lowest BCUT2D eigenvalue weighted by Gasteiger charge is -2.20. The topological polar surface area (TPSA) is 54.0 Å². The molecule has 3 rings (SSSR count). The Balaban J connectivity index is 1.49. The van der Waals surface area contributed by atoms with Crippen LogP contribution in [0.3, 0.4) is 0 Å². The third-order valence-electron chi connectivity index (χ3n) is 3.37. The molecular formula is C15H18O5. The number of esters is 1. The van der Waals surface area contributed by atoms with Crippen LogP contribution < -0.4 is 0 Å². The molecule has 0 aliphatic carbocycles. The molecule has 0 spiro atoms. The van der Waals surface area contributed by atoms with Gasteiger partial charge in [-0.3, -0.25) is 0 Å². The lowest BCUT2D eigenvalue weighted by Crippen LogP contribution is -2.26. The minimum atomic E-state index is -0.596. The van der Waals surface area contributed by atoms with Gasteiger partial charge in [0, 0.05) is 6.42 Å². The zero-order chi connectivity index (χ0) is 14.2. The van der Waals surface area contributed by atoms with Gasteiger partial charge in [0.25, 0.3) is 0 Å². The summed E-state index contributed by atoms with van der Waals surface area (Å²) in [6, 6.07) is 8.91. The van der Waals surface area contributed by atoms with Crippen LogP contribution in [0.2, 0.25) is 0 Å². The Morgan fingerprint density at radius 2 is 2.05 bits per heavy atom. The number of hydrogen-bond acceptors (Lipinski definition) is 5. The maximum absolute atomic E-state index is 11.8. The Bertz CT molecular complexity index is 468. The summed E-state index contributed by atoms with van der Waals surface area (Å²) >= 11 is 0. The Morgan fingerprint density at radius 3 is 2.75 bits per heavy atom. The van der Waals surface area contributed by atoms with Crippen LogP contribution in [0.5, 0.6) is 0 Å². The van der Waals surface area contributed by atoms with Crippen molar-refractivity contribution >= 4 is 5.97 Å². The van der Waals surface area contributed by atoms with Crippen LogP contribution in [0.1, 0.15) is 30.6 Å². The number of carbonyl (C=O) groups excluding carboxylic acids is 1. The predicted octanol–water partition coefficient (Wildman–Crippen LogP) is 2.11. The highest BCUT2D eigenvalue weighted by atomic mass is 16.8. The van der Waals surface area contributed by atoms with Crippen molar-refractivity contribution in [2.75, 3.05) is 6.61 Å². The van der Waals surface area contributed by atoms with Gasteiger partial charge < -0.3 is 18.9 Å². The van der Waals surface area contributed by atoms with E-state index in [1.54, 1.807) is 24.3 Å². The van der Waals surface area contributed by atoms with E-state index in [4.69, 9.17) is 18.9 Å². The Hall–Kier alpha value is -1.43. The molecule has 2 heterocycles. The van der Waals surface area contributed by atoms with E-state index in [1.807, 2.05) is 19.9 Å². The molecule has 0 N–H and O–H groups in total. The molecule has 0 amide bonds. The maximum atomic E-state index is 11.8. The summed E-state index contributed by atoms with van der Waals surface area (Å²) in [6.45, 7) is 3.94. The van der Waals surface area contributed by atoms with Crippen LogP contribution in [0, 0.1) is 0 Å². The standard InChI is InChI=1S/C15H18O5/c1-15(2)19-12-8-11(18-14(12)20-15)9-17-13(16)10-6-4-3-5-7-10/h3-7,11-12,14H,8-9H2,1-2H3/t11-,12?,14+/m0/s1. The van der Waals surface area contributed by atoms with Crippen molar-refractivity contribution in [2.45, 2.75) is 44.6 Å². The monoisotopic (exact) mass is 278 g/mol. The highest BCUT2D eigenvalue weighted by molar-refractivity contribution is 5.89. The van der Waals surface area contributed by atoms with E-state index >= 15 is 0 Å². The van der Waals surface area contributed by atoms with Crippen molar-refractivity contribution in [2.24, 2.45) is 0 Å². The summed E-state index contributed by atoms with van der Waals surface area (Å²) in [5.74, 6) is -0.936. The predicted molar refractivity (Wildman–Crippen MR) is 70.0 cm³/mol. The number of rotatable bonds is 3. The minimum Gasteiger partial charge on any atom is -0.459 e. The first-order chi connectivity index (χ1) is 9.53. The number of carbonyl (C=O) groups is 1. The van der Waals surface area contributed by atoms with Crippen LogP contribution in [0.15, 0.2) is 30.3 Å². The molecule has 0 bridgehead atoms. The van der Waals surface area contributed by atoms with E-state index in [2.05, 4.69) is 0 Å². The molecule has 1 aromatic rings. The van der Waals surface area contributed by atoms with Gasteiger partial charge in [-0.05, 0) is 26.0 Å². The average molecular weight is 278 g/mol. The minimum absolute atomic E-state index is 0.0783. The van der Waals surface area contributed by atoms with Crippen molar-refractivity contribution in [1.82, 2.24) is 0 Å². The summed E-state index contributed by atoms with van der Waals surface area (Å²) in [4.78, 5) is 11.8. The fourth-order valence-corrected chi connectivity index (χ4v) is 2.52. The van der Waals surface area contributed by atoms with E-state index in [9.17, 15) is 4.79 Å². The van der Waals surface area contributed by atoms with Gasteiger partial charge in [0.2, 0.25) is 0 Å². The number of benzene rings is 1. The first kappa shape index (κ1) is 13.5. The molecule has 5 heteroatoms.